The highest BCUT2D eigenvalue weighted by atomic mass is 15.1. The van der Waals surface area contributed by atoms with E-state index in [2.05, 4.69) is 34.8 Å². The van der Waals surface area contributed by atoms with E-state index in [0.29, 0.717) is 0 Å². The second-order valence-corrected chi connectivity index (χ2v) is 8.66. The number of rotatable bonds is 11. The Kier molecular flexibility index (Phi) is 6.89. The third-order valence-corrected chi connectivity index (χ3v) is 6.50. The van der Waals surface area contributed by atoms with Gasteiger partial charge in [0.15, 0.2) is 5.65 Å². The molecule has 1 aromatic carbocycles. The maximum Gasteiger partial charge on any atom is 0.157 e. The van der Waals surface area contributed by atoms with Gasteiger partial charge < -0.3 is 5.32 Å². The van der Waals surface area contributed by atoms with Crippen LogP contribution in [0.25, 0.3) is 16.7 Å². The quantitative estimate of drug-likeness (QED) is 0.359. The molecular weight excluding hydrogens is 368 g/mol. The molecule has 1 N–H and O–H groups in total. The first-order valence-electron chi connectivity index (χ1n) is 11.9. The monoisotopic (exact) mass is 402 g/mol. The van der Waals surface area contributed by atoms with Crippen molar-refractivity contribution in [1.29, 1.82) is 5.26 Å². The van der Waals surface area contributed by atoms with Crippen LogP contribution in [0.1, 0.15) is 87.8 Å². The molecule has 158 valence electrons. The van der Waals surface area contributed by atoms with Crippen molar-refractivity contribution in [2.75, 3.05) is 11.9 Å². The molecule has 4 rings (SSSR count). The van der Waals surface area contributed by atoms with Gasteiger partial charge in [-0.05, 0) is 48.9 Å². The number of imidazole rings is 1. The van der Waals surface area contributed by atoms with Crippen LogP contribution in [0.5, 0.6) is 0 Å². The molecule has 0 saturated heterocycles. The second kappa shape index (κ2) is 9.98. The molecule has 1 aliphatic rings. The first-order valence-corrected chi connectivity index (χ1v) is 11.9. The molecule has 0 bridgehead atoms. The molecule has 0 spiro atoms. The van der Waals surface area contributed by atoms with Crippen LogP contribution in [0.4, 0.5) is 5.82 Å². The van der Waals surface area contributed by atoms with E-state index in [9.17, 15) is 5.26 Å². The van der Waals surface area contributed by atoms with E-state index in [0.717, 1.165) is 48.1 Å². The van der Waals surface area contributed by atoms with Gasteiger partial charge in [0.05, 0.1) is 16.6 Å². The number of nitrogens with zero attached hydrogens (tertiary/aromatic N) is 3. The van der Waals surface area contributed by atoms with Crippen molar-refractivity contribution in [2.45, 2.75) is 84.0 Å². The number of hydrogen-bond donors (Lipinski definition) is 1. The summed E-state index contributed by atoms with van der Waals surface area (Å²) in [6, 6.07) is 10.7. The summed E-state index contributed by atoms with van der Waals surface area (Å²) in [4.78, 5) is 4.82. The molecule has 0 radical (unpaired) electrons. The van der Waals surface area contributed by atoms with Crippen molar-refractivity contribution in [2.24, 2.45) is 0 Å². The molecule has 3 aromatic rings. The van der Waals surface area contributed by atoms with Crippen LogP contribution in [-0.4, -0.2) is 15.9 Å². The van der Waals surface area contributed by atoms with Crippen LogP contribution in [0.15, 0.2) is 24.3 Å². The number of pyridine rings is 1. The highest BCUT2D eigenvalue weighted by molar-refractivity contribution is 5.86. The minimum Gasteiger partial charge on any atom is -0.371 e. The van der Waals surface area contributed by atoms with Gasteiger partial charge in [-0.2, -0.15) is 5.26 Å². The lowest BCUT2D eigenvalue weighted by Gasteiger charge is -2.16. The highest BCUT2D eigenvalue weighted by Gasteiger charge is 2.25. The van der Waals surface area contributed by atoms with Crippen molar-refractivity contribution in [3.05, 3.63) is 41.0 Å². The molecule has 0 unspecified atom stereocenters. The van der Waals surface area contributed by atoms with E-state index in [4.69, 9.17) is 4.98 Å². The van der Waals surface area contributed by atoms with Gasteiger partial charge in [0.1, 0.15) is 11.9 Å². The first kappa shape index (κ1) is 20.7. The Morgan fingerprint density at radius 2 is 1.67 bits per heavy atom. The summed E-state index contributed by atoms with van der Waals surface area (Å²) in [6.45, 7) is 3.26. The third-order valence-electron chi connectivity index (χ3n) is 6.50. The number of aromatic nitrogens is 2. The summed E-state index contributed by atoms with van der Waals surface area (Å²) in [5.74, 6) is 1.17. The topological polar surface area (TPSA) is 53.1 Å². The molecule has 2 aromatic heterocycles. The van der Waals surface area contributed by atoms with Crippen molar-refractivity contribution in [1.82, 2.24) is 9.38 Å². The number of nitrogens with one attached hydrogen (secondary N) is 1. The van der Waals surface area contributed by atoms with Crippen LogP contribution >= 0.6 is 0 Å². The van der Waals surface area contributed by atoms with Crippen LogP contribution in [0.2, 0.25) is 0 Å². The number of unbranched alkanes of at least 4 members (excludes halogenated alkanes) is 8. The van der Waals surface area contributed by atoms with E-state index in [-0.39, 0.29) is 0 Å². The average Bonchev–Trinajstić information content (AvgIpc) is 3.39. The largest absolute Gasteiger partial charge is 0.371 e. The van der Waals surface area contributed by atoms with Gasteiger partial charge in [-0.25, -0.2) is 4.98 Å². The molecule has 1 aliphatic carbocycles. The maximum atomic E-state index is 9.86. The highest BCUT2D eigenvalue weighted by Crippen LogP contribution is 2.36. The normalized spacial score (nSPS) is 13.1. The number of para-hydroxylation sites is 2. The lowest BCUT2D eigenvalue weighted by molar-refractivity contribution is 0.569. The third kappa shape index (κ3) is 4.17. The van der Waals surface area contributed by atoms with Gasteiger partial charge in [-0.3, -0.25) is 4.40 Å². The van der Waals surface area contributed by atoms with Crippen molar-refractivity contribution < 1.29 is 0 Å². The van der Waals surface area contributed by atoms with Gasteiger partial charge in [0, 0.05) is 6.54 Å². The van der Waals surface area contributed by atoms with Crippen molar-refractivity contribution >= 4 is 22.5 Å². The fourth-order valence-electron chi connectivity index (χ4n) is 4.92. The van der Waals surface area contributed by atoms with Crippen molar-refractivity contribution in [3.8, 4) is 6.07 Å². The molecule has 0 aliphatic heterocycles. The molecule has 0 fully saturated rings. The van der Waals surface area contributed by atoms with Crippen LogP contribution in [0, 0.1) is 11.3 Å². The summed E-state index contributed by atoms with van der Waals surface area (Å²) < 4.78 is 2.20. The molecule has 30 heavy (non-hydrogen) atoms. The average molecular weight is 403 g/mol. The van der Waals surface area contributed by atoms with Gasteiger partial charge in [-0.15, -0.1) is 0 Å². The molecule has 2 heterocycles. The predicted molar refractivity (Wildman–Crippen MR) is 125 cm³/mol. The SMILES string of the molecule is CCCCCCCCCCCNc1c2c(c(C#N)c3nc4ccccc4n13)CCC2. The summed E-state index contributed by atoms with van der Waals surface area (Å²) in [6.07, 6.45) is 15.2. The maximum absolute atomic E-state index is 9.86. The zero-order chi connectivity index (χ0) is 20.8. The predicted octanol–water partition coefficient (Wildman–Crippen LogP) is 6.79. The minimum absolute atomic E-state index is 0.771. The van der Waals surface area contributed by atoms with Gasteiger partial charge in [-0.1, -0.05) is 70.4 Å². The van der Waals surface area contributed by atoms with E-state index < -0.39 is 0 Å². The second-order valence-electron chi connectivity index (χ2n) is 8.66. The van der Waals surface area contributed by atoms with Gasteiger partial charge in [0.2, 0.25) is 0 Å². The lowest BCUT2D eigenvalue weighted by Crippen LogP contribution is -2.11. The van der Waals surface area contributed by atoms with Crippen LogP contribution in [-0.2, 0) is 12.8 Å². The summed E-state index contributed by atoms with van der Waals surface area (Å²) in [7, 11) is 0. The number of fused-ring (bicyclic) bond motifs is 4. The molecule has 4 heteroatoms. The Hall–Kier alpha value is -2.54. The van der Waals surface area contributed by atoms with Gasteiger partial charge in [0.25, 0.3) is 0 Å². The Labute approximate surface area is 180 Å². The Morgan fingerprint density at radius 3 is 2.43 bits per heavy atom. The molecule has 4 nitrogen and oxygen atoms in total. The lowest BCUT2D eigenvalue weighted by atomic mass is 10.1. The first-order chi connectivity index (χ1) is 14.8. The fourth-order valence-corrected chi connectivity index (χ4v) is 4.92. The van der Waals surface area contributed by atoms with E-state index >= 15 is 0 Å². The van der Waals surface area contributed by atoms with E-state index in [1.54, 1.807) is 0 Å². The summed E-state index contributed by atoms with van der Waals surface area (Å²) >= 11 is 0. The number of benzene rings is 1. The molecule has 0 amide bonds. The van der Waals surface area contributed by atoms with Crippen molar-refractivity contribution in [3.63, 3.8) is 0 Å². The zero-order valence-electron chi connectivity index (χ0n) is 18.3. The van der Waals surface area contributed by atoms with E-state index in [1.807, 2.05) is 12.1 Å². The standard InChI is InChI=1S/C26H34N4/c1-2-3-4-5-6-7-8-9-12-18-28-25-21-15-13-14-20(21)22(19-27)26-29-23-16-10-11-17-24(23)30(25)26/h10-11,16-17,28H,2-9,12-15,18H2,1H3. The minimum atomic E-state index is 0.771. The number of anilines is 1. The Bertz CT molecular complexity index is 1040. The Morgan fingerprint density at radius 1 is 0.967 bits per heavy atom. The van der Waals surface area contributed by atoms with Crippen LogP contribution < -0.4 is 5.32 Å². The van der Waals surface area contributed by atoms with E-state index in [1.165, 1.54) is 74.7 Å². The molecular formula is C26H34N4. The number of nitriles is 1. The van der Waals surface area contributed by atoms with Crippen LogP contribution in [0.3, 0.4) is 0 Å². The fraction of sp³-hybridized carbons (Fsp3) is 0.538. The zero-order valence-corrected chi connectivity index (χ0v) is 18.3. The summed E-state index contributed by atoms with van der Waals surface area (Å²) in [5, 5.41) is 13.6. The Balaban J connectivity index is 1.46. The summed E-state index contributed by atoms with van der Waals surface area (Å²) in [5.41, 5.74) is 6.19. The molecule has 0 saturated carbocycles. The number of hydrogen-bond acceptors (Lipinski definition) is 3. The van der Waals surface area contributed by atoms with Gasteiger partial charge >= 0.3 is 0 Å². The molecule has 0 atom stereocenters. The smallest absolute Gasteiger partial charge is 0.157 e.